The highest BCUT2D eigenvalue weighted by atomic mass is 16.7. The molecule has 8 heteroatoms. The first-order valence-electron chi connectivity index (χ1n) is 11.7. The lowest BCUT2D eigenvalue weighted by molar-refractivity contribution is -0.161. The number of benzene rings is 2. The minimum absolute atomic E-state index is 0.0141. The molecular formula is C26H30N2O6. The highest BCUT2D eigenvalue weighted by molar-refractivity contribution is 5.80. The predicted octanol–water partition coefficient (Wildman–Crippen LogP) is 3.85. The molecule has 1 fully saturated rings. The molecule has 3 atom stereocenters. The summed E-state index contributed by atoms with van der Waals surface area (Å²) in [5.41, 5.74) is 6.90. The molecule has 0 radical (unpaired) electrons. The quantitative estimate of drug-likeness (QED) is 0.509. The summed E-state index contributed by atoms with van der Waals surface area (Å²) in [6, 6.07) is 16.3. The zero-order valence-electron chi connectivity index (χ0n) is 19.2. The van der Waals surface area contributed by atoms with Crippen molar-refractivity contribution < 1.29 is 29.1 Å². The van der Waals surface area contributed by atoms with Crippen LogP contribution >= 0.6 is 0 Å². The fourth-order valence-corrected chi connectivity index (χ4v) is 4.93. The van der Waals surface area contributed by atoms with E-state index in [1.807, 2.05) is 24.3 Å². The minimum Gasteiger partial charge on any atom is -0.479 e. The lowest BCUT2D eigenvalue weighted by Gasteiger charge is -2.30. The molecule has 3 N–H and O–H groups in total. The summed E-state index contributed by atoms with van der Waals surface area (Å²) in [6.07, 6.45) is 1.66. The van der Waals surface area contributed by atoms with E-state index < -0.39 is 18.2 Å². The lowest BCUT2D eigenvalue weighted by Crippen LogP contribution is -2.43. The van der Waals surface area contributed by atoms with Crippen LogP contribution in [0.25, 0.3) is 11.1 Å². The van der Waals surface area contributed by atoms with Crippen molar-refractivity contribution in [3.8, 4) is 11.1 Å². The summed E-state index contributed by atoms with van der Waals surface area (Å²) < 4.78 is 5.59. The van der Waals surface area contributed by atoms with Crippen molar-refractivity contribution in [2.75, 3.05) is 13.2 Å². The SMILES string of the molecule is CC(ONC(=O)[C@H]1CCCC[C@H]1CNC(=O)OCC1c2ccccc2-c2ccccc21)C(=O)O. The first kappa shape index (κ1) is 23.8. The van der Waals surface area contributed by atoms with E-state index in [0.717, 1.165) is 30.4 Å². The first-order chi connectivity index (χ1) is 16.5. The second kappa shape index (κ2) is 10.7. The number of hydroxylamine groups is 1. The van der Waals surface area contributed by atoms with Crippen LogP contribution in [0.3, 0.4) is 0 Å². The van der Waals surface area contributed by atoms with Crippen molar-refractivity contribution in [3.05, 3.63) is 59.7 Å². The van der Waals surface area contributed by atoms with Crippen LogP contribution in [0.1, 0.15) is 49.7 Å². The van der Waals surface area contributed by atoms with Crippen LogP contribution in [-0.4, -0.2) is 42.3 Å². The van der Waals surface area contributed by atoms with E-state index in [1.165, 1.54) is 18.1 Å². The fraction of sp³-hybridized carbons (Fsp3) is 0.423. The highest BCUT2D eigenvalue weighted by Gasteiger charge is 2.33. The van der Waals surface area contributed by atoms with Crippen LogP contribution in [0.15, 0.2) is 48.5 Å². The van der Waals surface area contributed by atoms with Gasteiger partial charge >= 0.3 is 12.1 Å². The van der Waals surface area contributed by atoms with Gasteiger partial charge in [-0.1, -0.05) is 61.4 Å². The number of hydrogen-bond donors (Lipinski definition) is 3. The molecule has 1 saturated carbocycles. The van der Waals surface area contributed by atoms with E-state index in [9.17, 15) is 14.4 Å². The van der Waals surface area contributed by atoms with E-state index >= 15 is 0 Å². The Morgan fingerprint density at radius 2 is 1.62 bits per heavy atom. The van der Waals surface area contributed by atoms with Gasteiger partial charge in [0.1, 0.15) is 6.61 Å². The summed E-state index contributed by atoms with van der Waals surface area (Å²) in [6.45, 7) is 1.89. The van der Waals surface area contributed by atoms with Crippen LogP contribution in [-0.2, 0) is 19.2 Å². The number of amides is 2. The van der Waals surface area contributed by atoms with Crippen molar-refractivity contribution in [1.29, 1.82) is 0 Å². The van der Waals surface area contributed by atoms with Gasteiger partial charge in [-0.3, -0.25) is 9.63 Å². The number of ether oxygens (including phenoxy) is 1. The second-order valence-corrected chi connectivity index (χ2v) is 8.92. The molecule has 2 aliphatic rings. The van der Waals surface area contributed by atoms with E-state index in [0.29, 0.717) is 13.0 Å². The number of carbonyl (C=O) groups is 3. The predicted molar refractivity (Wildman–Crippen MR) is 125 cm³/mol. The van der Waals surface area contributed by atoms with Crippen LogP contribution in [0.2, 0.25) is 0 Å². The van der Waals surface area contributed by atoms with Crippen molar-refractivity contribution >= 4 is 18.0 Å². The number of carboxylic acid groups (broad SMARTS) is 1. The summed E-state index contributed by atoms with van der Waals surface area (Å²) in [5, 5.41) is 11.7. The van der Waals surface area contributed by atoms with Gasteiger partial charge in [-0.15, -0.1) is 0 Å². The van der Waals surface area contributed by atoms with Gasteiger partial charge in [-0.2, -0.15) is 0 Å². The molecule has 0 heterocycles. The molecule has 0 bridgehead atoms. The molecule has 2 aromatic carbocycles. The van der Waals surface area contributed by atoms with Crippen molar-refractivity contribution in [2.45, 2.75) is 44.6 Å². The molecule has 1 unspecified atom stereocenters. The molecular weight excluding hydrogens is 436 g/mol. The van der Waals surface area contributed by atoms with Crippen molar-refractivity contribution in [3.63, 3.8) is 0 Å². The summed E-state index contributed by atoms with van der Waals surface area (Å²) in [4.78, 5) is 40.9. The topological polar surface area (TPSA) is 114 Å². The van der Waals surface area contributed by atoms with Crippen LogP contribution < -0.4 is 10.8 Å². The van der Waals surface area contributed by atoms with Crippen LogP contribution in [0.5, 0.6) is 0 Å². The van der Waals surface area contributed by atoms with Gasteiger partial charge in [-0.05, 0) is 47.9 Å². The Morgan fingerprint density at radius 3 is 2.26 bits per heavy atom. The summed E-state index contributed by atoms with van der Waals surface area (Å²) in [5.74, 6) is -1.95. The summed E-state index contributed by atoms with van der Waals surface area (Å²) in [7, 11) is 0. The zero-order valence-corrected chi connectivity index (χ0v) is 19.2. The van der Waals surface area contributed by atoms with Gasteiger partial charge in [0, 0.05) is 18.4 Å². The van der Waals surface area contributed by atoms with Gasteiger partial charge in [0.15, 0.2) is 6.10 Å². The normalized spacial score (nSPS) is 20.0. The van der Waals surface area contributed by atoms with E-state index in [-0.39, 0.29) is 30.3 Å². The Labute approximate surface area is 198 Å². The summed E-state index contributed by atoms with van der Waals surface area (Å²) >= 11 is 0. The molecule has 0 aliphatic heterocycles. The molecule has 2 aliphatic carbocycles. The first-order valence-corrected chi connectivity index (χ1v) is 11.7. The Morgan fingerprint density at radius 1 is 1.00 bits per heavy atom. The average Bonchev–Trinajstić information content (AvgIpc) is 3.18. The number of fused-ring (bicyclic) bond motifs is 3. The Hall–Kier alpha value is -3.39. The molecule has 2 amide bonds. The van der Waals surface area contributed by atoms with E-state index in [4.69, 9.17) is 14.7 Å². The zero-order chi connectivity index (χ0) is 24.1. The largest absolute Gasteiger partial charge is 0.479 e. The van der Waals surface area contributed by atoms with Gasteiger partial charge in [0.2, 0.25) is 5.91 Å². The molecule has 0 spiro atoms. The number of carboxylic acids is 1. The number of rotatable bonds is 8. The van der Waals surface area contributed by atoms with Crippen LogP contribution in [0, 0.1) is 11.8 Å². The Balaban J connectivity index is 1.30. The monoisotopic (exact) mass is 466 g/mol. The molecule has 0 aromatic heterocycles. The molecule has 8 nitrogen and oxygen atoms in total. The maximum absolute atomic E-state index is 12.5. The van der Waals surface area contributed by atoms with Gasteiger partial charge < -0.3 is 15.2 Å². The number of hydrogen-bond acceptors (Lipinski definition) is 5. The highest BCUT2D eigenvalue weighted by Crippen LogP contribution is 2.44. The Bertz CT molecular complexity index is 1010. The smallest absolute Gasteiger partial charge is 0.407 e. The molecule has 34 heavy (non-hydrogen) atoms. The second-order valence-electron chi connectivity index (χ2n) is 8.92. The number of alkyl carbamates (subject to hydrolysis) is 1. The maximum atomic E-state index is 12.5. The Kier molecular flexibility index (Phi) is 7.47. The lowest BCUT2D eigenvalue weighted by atomic mass is 9.79. The third kappa shape index (κ3) is 5.22. The number of carbonyl (C=O) groups excluding carboxylic acids is 2. The third-order valence-electron chi connectivity index (χ3n) is 6.78. The van der Waals surface area contributed by atoms with Gasteiger partial charge in [0.05, 0.1) is 0 Å². The standard InChI is InChI=1S/C26H30N2O6/c1-16(25(30)31)34-28-24(29)18-9-3-2-8-17(18)14-27-26(32)33-15-23-21-12-6-4-10-19(21)20-11-5-7-13-22(20)23/h4-7,10-13,16-18,23H,2-3,8-9,14-15H2,1H3,(H,27,32)(H,28,29)(H,30,31)/t16?,17-,18-/m0/s1. The fourth-order valence-electron chi connectivity index (χ4n) is 4.93. The molecule has 180 valence electrons. The van der Waals surface area contributed by atoms with Crippen molar-refractivity contribution in [1.82, 2.24) is 10.8 Å². The average molecular weight is 467 g/mol. The minimum atomic E-state index is -1.16. The number of aliphatic carboxylic acids is 1. The van der Waals surface area contributed by atoms with E-state index in [1.54, 1.807) is 0 Å². The van der Waals surface area contributed by atoms with Gasteiger partial charge in [0.25, 0.3) is 0 Å². The third-order valence-corrected chi connectivity index (χ3v) is 6.78. The molecule has 4 rings (SSSR count). The van der Waals surface area contributed by atoms with Crippen molar-refractivity contribution in [2.24, 2.45) is 11.8 Å². The molecule has 2 aromatic rings. The maximum Gasteiger partial charge on any atom is 0.407 e. The van der Waals surface area contributed by atoms with Gasteiger partial charge in [-0.25, -0.2) is 15.1 Å². The van der Waals surface area contributed by atoms with E-state index in [2.05, 4.69) is 35.1 Å². The molecule has 0 saturated heterocycles. The van der Waals surface area contributed by atoms with Crippen LogP contribution in [0.4, 0.5) is 4.79 Å². The number of nitrogens with one attached hydrogen (secondary N) is 2.